The Morgan fingerprint density at radius 2 is 1.62 bits per heavy atom. The minimum Gasteiger partial charge on any atom is -0.378 e. The van der Waals surface area contributed by atoms with Gasteiger partial charge in [-0.2, -0.15) is 9.29 Å². The van der Waals surface area contributed by atoms with Gasteiger partial charge in [-0.05, 0) is 43.2 Å². The van der Waals surface area contributed by atoms with Gasteiger partial charge in [-0.15, -0.1) is 0 Å². The smallest absolute Gasteiger partial charge is 0.243 e. The number of piperazine rings is 1. The van der Waals surface area contributed by atoms with Crippen molar-refractivity contribution in [1.29, 1.82) is 0 Å². The van der Waals surface area contributed by atoms with Crippen molar-refractivity contribution in [1.82, 2.24) is 14.3 Å². The Morgan fingerprint density at radius 1 is 0.897 bits per heavy atom. The van der Waals surface area contributed by atoms with Crippen LogP contribution in [0.2, 0.25) is 0 Å². The molecule has 2 aliphatic rings. The molecule has 0 radical (unpaired) electrons. The highest BCUT2D eigenvalue weighted by molar-refractivity contribution is 7.89. The van der Waals surface area contributed by atoms with Gasteiger partial charge < -0.3 is 14.5 Å². The van der Waals surface area contributed by atoms with Crippen LogP contribution in [0.1, 0.15) is 11.1 Å². The van der Waals surface area contributed by atoms with Gasteiger partial charge in [-0.1, -0.05) is 6.07 Å². The molecule has 0 N–H and O–H groups in total. The first kappa shape index (κ1) is 20.1. The maximum atomic E-state index is 13.0. The monoisotopic (exact) mass is 417 g/mol. The van der Waals surface area contributed by atoms with Crippen LogP contribution in [0, 0.1) is 13.8 Å². The Morgan fingerprint density at radius 3 is 2.31 bits per heavy atom. The molecule has 2 aromatic rings. The first-order valence-electron chi connectivity index (χ1n) is 9.93. The molecule has 156 valence electrons. The van der Waals surface area contributed by atoms with Gasteiger partial charge in [-0.25, -0.2) is 13.4 Å². The summed E-state index contributed by atoms with van der Waals surface area (Å²) in [7, 11) is -3.48. The number of anilines is 2. The molecule has 2 aliphatic heterocycles. The van der Waals surface area contributed by atoms with Crippen molar-refractivity contribution in [2.75, 3.05) is 62.3 Å². The second-order valence-electron chi connectivity index (χ2n) is 7.45. The zero-order chi connectivity index (χ0) is 20.4. The fraction of sp³-hybridized carbons (Fsp3) is 0.500. The van der Waals surface area contributed by atoms with E-state index >= 15 is 0 Å². The Labute approximate surface area is 172 Å². The maximum absolute atomic E-state index is 13.0. The predicted octanol–water partition coefficient (Wildman–Crippen LogP) is 1.44. The number of aromatic nitrogens is 2. The van der Waals surface area contributed by atoms with E-state index in [2.05, 4.69) is 14.8 Å². The van der Waals surface area contributed by atoms with Gasteiger partial charge in [0.15, 0.2) is 0 Å². The van der Waals surface area contributed by atoms with Crippen LogP contribution in [0.4, 0.5) is 11.8 Å². The van der Waals surface area contributed by atoms with E-state index in [1.807, 2.05) is 26.0 Å². The summed E-state index contributed by atoms with van der Waals surface area (Å²) < 4.78 is 33.0. The van der Waals surface area contributed by atoms with Gasteiger partial charge in [0.25, 0.3) is 0 Å². The van der Waals surface area contributed by atoms with E-state index in [0.29, 0.717) is 50.2 Å². The Hall–Kier alpha value is -2.23. The molecular weight excluding hydrogens is 390 g/mol. The molecule has 2 fully saturated rings. The Bertz CT molecular complexity index is 968. The van der Waals surface area contributed by atoms with Crippen LogP contribution >= 0.6 is 0 Å². The number of hydrogen-bond donors (Lipinski definition) is 0. The van der Waals surface area contributed by atoms with Crippen molar-refractivity contribution >= 4 is 21.8 Å². The normalized spacial score (nSPS) is 18.8. The summed E-state index contributed by atoms with van der Waals surface area (Å²) in [5, 5.41) is 0. The lowest BCUT2D eigenvalue weighted by Gasteiger charge is -2.35. The van der Waals surface area contributed by atoms with E-state index < -0.39 is 10.0 Å². The highest BCUT2D eigenvalue weighted by Gasteiger charge is 2.29. The summed E-state index contributed by atoms with van der Waals surface area (Å²) in [6.07, 6.45) is 1.77. The molecule has 0 saturated carbocycles. The summed E-state index contributed by atoms with van der Waals surface area (Å²) in [6, 6.07) is 7.21. The maximum Gasteiger partial charge on any atom is 0.243 e. The topological polar surface area (TPSA) is 78.9 Å². The summed E-state index contributed by atoms with van der Waals surface area (Å²) >= 11 is 0. The first-order valence-corrected chi connectivity index (χ1v) is 11.4. The third kappa shape index (κ3) is 4.22. The molecule has 0 amide bonds. The van der Waals surface area contributed by atoms with Crippen molar-refractivity contribution in [2.45, 2.75) is 18.7 Å². The van der Waals surface area contributed by atoms with Crippen molar-refractivity contribution in [2.24, 2.45) is 0 Å². The summed E-state index contributed by atoms with van der Waals surface area (Å²) in [6.45, 7) is 8.93. The SMILES string of the molecule is Cc1ccc(S(=O)(=O)N2CCN(c3ccnc(N4CCOCC4)n3)CC2)cc1C. The molecule has 0 bridgehead atoms. The van der Waals surface area contributed by atoms with Gasteiger partial charge in [0.05, 0.1) is 18.1 Å². The largest absolute Gasteiger partial charge is 0.378 e. The molecule has 2 saturated heterocycles. The van der Waals surface area contributed by atoms with Crippen LogP contribution < -0.4 is 9.80 Å². The van der Waals surface area contributed by atoms with E-state index in [-0.39, 0.29) is 0 Å². The molecule has 8 nitrogen and oxygen atoms in total. The third-order valence-electron chi connectivity index (χ3n) is 5.60. The number of rotatable bonds is 4. The minimum absolute atomic E-state index is 0.366. The standard InChI is InChI=1S/C20H27N5O3S/c1-16-3-4-18(15-17(16)2)29(26,27)25-9-7-23(8-10-25)19-5-6-21-20(22-19)24-11-13-28-14-12-24/h3-6,15H,7-14H2,1-2H3. The minimum atomic E-state index is -3.48. The lowest BCUT2D eigenvalue weighted by atomic mass is 10.1. The average Bonchev–Trinajstić information content (AvgIpc) is 2.76. The van der Waals surface area contributed by atoms with Crippen LogP contribution in [-0.2, 0) is 14.8 Å². The van der Waals surface area contributed by atoms with E-state index in [1.165, 1.54) is 0 Å². The van der Waals surface area contributed by atoms with Gasteiger partial charge in [0, 0.05) is 45.5 Å². The second kappa shape index (κ2) is 8.25. The van der Waals surface area contributed by atoms with Crippen LogP contribution in [-0.4, -0.2) is 75.2 Å². The summed E-state index contributed by atoms with van der Waals surface area (Å²) in [5.74, 6) is 1.54. The van der Waals surface area contributed by atoms with E-state index in [4.69, 9.17) is 9.72 Å². The van der Waals surface area contributed by atoms with E-state index in [1.54, 1.807) is 22.6 Å². The van der Waals surface area contributed by atoms with Crippen LogP contribution in [0.3, 0.4) is 0 Å². The molecular formula is C20H27N5O3S. The van der Waals surface area contributed by atoms with Crippen LogP contribution in [0.5, 0.6) is 0 Å². The summed E-state index contributed by atoms with van der Waals surface area (Å²) in [4.78, 5) is 13.7. The number of hydrogen-bond acceptors (Lipinski definition) is 7. The van der Waals surface area contributed by atoms with E-state index in [0.717, 1.165) is 30.0 Å². The predicted molar refractivity (Wildman–Crippen MR) is 112 cm³/mol. The summed E-state index contributed by atoms with van der Waals surface area (Å²) in [5.41, 5.74) is 2.08. The third-order valence-corrected chi connectivity index (χ3v) is 7.50. The van der Waals surface area contributed by atoms with Gasteiger partial charge in [-0.3, -0.25) is 0 Å². The van der Waals surface area contributed by atoms with Crippen molar-refractivity contribution in [3.05, 3.63) is 41.6 Å². The van der Waals surface area contributed by atoms with Gasteiger partial charge >= 0.3 is 0 Å². The van der Waals surface area contributed by atoms with Crippen molar-refractivity contribution in [3.63, 3.8) is 0 Å². The molecule has 1 aromatic heterocycles. The van der Waals surface area contributed by atoms with Crippen LogP contribution in [0.25, 0.3) is 0 Å². The number of benzene rings is 1. The molecule has 29 heavy (non-hydrogen) atoms. The Kier molecular flexibility index (Phi) is 5.71. The molecule has 3 heterocycles. The highest BCUT2D eigenvalue weighted by Crippen LogP contribution is 2.23. The molecule has 0 aliphatic carbocycles. The zero-order valence-electron chi connectivity index (χ0n) is 16.9. The molecule has 0 atom stereocenters. The lowest BCUT2D eigenvalue weighted by molar-refractivity contribution is 0.122. The number of aryl methyl sites for hydroxylation is 2. The first-order chi connectivity index (χ1) is 13.9. The molecule has 9 heteroatoms. The lowest BCUT2D eigenvalue weighted by Crippen LogP contribution is -2.49. The fourth-order valence-electron chi connectivity index (χ4n) is 3.61. The molecule has 1 aromatic carbocycles. The Balaban J connectivity index is 1.44. The number of ether oxygens (including phenoxy) is 1. The van der Waals surface area contributed by atoms with Crippen LogP contribution in [0.15, 0.2) is 35.4 Å². The molecule has 0 spiro atoms. The molecule has 4 rings (SSSR count). The number of nitrogens with zero attached hydrogens (tertiary/aromatic N) is 5. The van der Waals surface area contributed by atoms with E-state index in [9.17, 15) is 8.42 Å². The van der Waals surface area contributed by atoms with Crippen molar-refractivity contribution in [3.8, 4) is 0 Å². The van der Waals surface area contributed by atoms with Gasteiger partial charge in [0.2, 0.25) is 16.0 Å². The highest BCUT2D eigenvalue weighted by atomic mass is 32.2. The quantitative estimate of drug-likeness (QED) is 0.745. The number of sulfonamides is 1. The average molecular weight is 418 g/mol. The zero-order valence-corrected chi connectivity index (χ0v) is 17.7. The fourth-order valence-corrected chi connectivity index (χ4v) is 5.12. The second-order valence-corrected chi connectivity index (χ2v) is 9.39. The molecule has 0 unspecified atom stereocenters. The van der Waals surface area contributed by atoms with Gasteiger partial charge in [0.1, 0.15) is 5.82 Å². The van der Waals surface area contributed by atoms with Crippen molar-refractivity contribution < 1.29 is 13.2 Å². The number of morpholine rings is 1.